The van der Waals surface area contributed by atoms with E-state index in [-0.39, 0.29) is 30.4 Å². The molecule has 2 N–H and O–H groups in total. The molecule has 1 aromatic rings. The van der Waals surface area contributed by atoms with E-state index in [4.69, 9.17) is 5.11 Å². The second-order valence-corrected chi connectivity index (χ2v) is 5.62. The van der Waals surface area contributed by atoms with E-state index in [1.165, 1.54) is 6.07 Å². The number of benzene rings is 1. The number of hydrogen-bond acceptors (Lipinski definition) is 4. The fourth-order valence-corrected chi connectivity index (χ4v) is 2.39. The van der Waals surface area contributed by atoms with Crippen LogP contribution in [-0.4, -0.2) is 40.2 Å². The minimum Gasteiger partial charge on any atom is -0.395 e. The molecule has 0 radical (unpaired) electrons. The maximum absolute atomic E-state index is 12.3. The molecule has 1 aliphatic carbocycles. The number of amides is 2. The summed E-state index contributed by atoms with van der Waals surface area (Å²) >= 11 is 0. The highest BCUT2D eigenvalue weighted by Gasteiger charge is 2.32. The van der Waals surface area contributed by atoms with Gasteiger partial charge in [-0.05, 0) is 32.3 Å². The maximum Gasteiger partial charge on any atom is 0.318 e. The maximum atomic E-state index is 12.3. The number of nitrogens with one attached hydrogen (secondary N) is 1. The molecule has 22 heavy (non-hydrogen) atoms. The number of carbonyl (C=O) groups is 1. The summed E-state index contributed by atoms with van der Waals surface area (Å²) in [6.45, 7) is 3.70. The third-order valence-corrected chi connectivity index (χ3v) is 3.86. The number of nitro benzene ring substituents is 1. The van der Waals surface area contributed by atoms with Gasteiger partial charge in [0.25, 0.3) is 5.69 Å². The molecule has 120 valence electrons. The van der Waals surface area contributed by atoms with Gasteiger partial charge in [0.2, 0.25) is 0 Å². The van der Waals surface area contributed by atoms with Gasteiger partial charge in [-0.3, -0.25) is 10.1 Å². The molecule has 1 fully saturated rings. The normalized spacial score (nSPS) is 15.2. The minimum absolute atomic E-state index is 0.0491. The van der Waals surface area contributed by atoms with E-state index in [0.29, 0.717) is 17.7 Å². The van der Waals surface area contributed by atoms with Gasteiger partial charge < -0.3 is 15.3 Å². The lowest BCUT2D eigenvalue weighted by molar-refractivity contribution is -0.385. The molecule has 1 atom stereocenters. The largest absolute Gasteiger partial charge is 0.395 e. The molecule has 2 amide bonds. The number of urea groups is 1. The van der Waals surface area contributed by atoms with Crippen LogP contribution in [0.25, 0.3) is 0 Å². The first kappa shape index (κ1) is 16.2. The van der Waals surface area contributed by atoms with E-state index < -0.39 is 4.92 Å². The smallest absolute Gasteiger partial charge is 0.318 e. The van der Waals surface area contributed by atoms with Crippen LogP contribution < -0.4 is 5.32 Å². The molecule has 1 aromatic carbocycles. The van der Waals surface area contributed by atoms with Crippen molar-refractivity contribution in [3.05, 3.63) is 39.4 Å². The Morgan fingerprint density at radius 1 is 1.55 bits per heavy atom. The van der Waals surface area contributed by atoms with Gasteiger partial charge in [0.15, 0.2) is 0 Å². The number of rotatable bonds is 6. The predicted molar refractivity (Wildman–Crippen MR) is 81.6 cm³/mol. The molecule has 1 aliphatic rings. The summed E-state index contributed by atoms with van der Waals surface area (Å²) in [6.07, 6.45) is 1.91. The van der Waals surface area contributed by atoms with Gasteiger partial charge in [0, 0.05) is 24.2 Å². The number of nitro groups is 1. The van der Waals surface area contributed by atoms with Crippen molar-refractivity contribution < 1.29 is 14.8 Å². The molecule has 1 saturated carbocycles. The van der Waals surface area contributed by atoms with E-state index in [9.17, 15) is 14.9 Å². The van der Waals surface area contributed by atoms with Crippen molar-refractivity contribution in [1.82, 2.24) is 10.2 Å². The molecule has 0 heterocycles. The Labute approximate surface area is 129 Å². The summed E-state index contributed by atoms with van der Waals surface area (Å²) in [5.74, 6) is 0. The van der Waals surface area contributed by atoms with Crippen LogP contribution in [0.3, 0.4) is 0 Å². The zero-order chi connectivity index (χ0) is 16.3. The molecule has 7 heteroatoms. The monoisotopic (exact) mass is 307 g/mol. The Morgan fingerprint density at radius 3 is 2.77 bits per heavy atom. The summed E-state index contributed by atoms with van der Waals surface area (Å²) in [5, 5.41) is 22.9. The molecule has 0 aromatic heterocycles. The quantitative estimate of drug-likeness (QED) is 0.621. The molecule has 0 saturated heterocycles. The van der Waals surface area contributed by atoms with Gasteiger partial charge >= 0.3 is 6.03 Å². The SMILES string of the molecule is Cc1ccc(C(C)NC(=O)N(CCO)C2CC2)cc1[N+](=O)[O-]. The highest BCUT2D eigenvalue weighted by Crippen LogP contribution is 2.27. The number of carbonyl (C=O) groups excluding carboxylic acids is 1. The van der Waals surface area contributed by atoms with Gasteiger partial charge in [-0.2, -0.15) is 0 Å². The second-order valence-electron chi connectivity index (χ2n) is 5.62. The van der Waals surface area contributed by atoms with Crippen LogP contribution in [-0.2, 0) is 0 Å². The third-order valence-electron chi connectivity index (χ3n) is 3.86. The lowest BCUT2D eigenvalue weighted by atomic mass is 10.0. The number of nitrogens with zero attached hydrogens (tertiary/aromatic N) is 2. The van der Waals surface area contributed by atoms with Gasteiger partial charge in [-0.15, -0.1) is 0 Å². The first-order chi connectivity index (χ1) is 10.4. The lowest BCUT2D eigenvalue weighted by Crippen LogP contribution is -2.43. The van der Waals surface area contributed by atoms with Crippen molar-refractivity contribution in [2.24, 2.45) is 0 Å². The Kier molecular flexibility index (Phi) is 4.97. The molecular weight excluding hydrogens is 286 g/mol. The van der Waals surface area contributed by atoms with Crippen molar-refractivity contribution in [3.8, 4) is 0 Å². The van der Waals surface area contributed by atoms with Crippen molar-refractivity contribution in [3.63, 3.8) is 0 Å². The fourth-order valence-electron chi connectivity index (χ4n) is 2.39. The topological polar surface area (TPSA) is 95.7 Å². The molecular formula is C15H21N3O4. The molecule has 2 rings (SSSR count). The molecule has 0 spiro atoms. The van der Waals surface area contributed by atoms with Gasteiger partial charge in [0.1, 0.15) is 0 Å². The number of hydrogen-bond donors (Lipinski definition) is 2. The van der Waals surface area contributed by atoms with Crippen LogP contribution >= 0.6 is 0 Å². The highest BCUT2D eigenvalue weighted by atomic mass is 16.6. The number of aliphatic hydroxyl groups is 1. The zero-order valence-electron chi connectivity index (χ0n) is 12.8. The van der Waals surface area contributed by atoms with Crippen molar-refractivity contribution in [1.29, 1.82) is 0 Å². The molecule has 0 bridgehead atoms. The van der Waals surface area contributed by atoms with Gasteiger partial charge in [-0.25, -0.2) is 4.79 Å². The number of aliphatic hydroxyl groups excluding tert-OH is 1. The van der Waals surface area contributed by atoms with Crippen LogP contribution in [0.2, 0.25) is 0 Å². The third kappa shape index (κ3) is 3.73. The van der Waals surface area contributed by atoms with Crippen molar-refractivity contribution in [2.75, 3.05) is 13.2 Å². The summed E-state index contributed by atoms with van der Waals surface area (Å²) in [4.78, 5) is 24.4. The Hall–Kier alpha value is -2.15. The van der Waals surface area contributed by atoms with E-state index in [2.05, 4.69) is 5.32 Å². The van der Waals surface area contributed by atoms with Crippen LogP contribution in [0.1, 0.15) is 36.9 Å². The van der Waals surface area contributed by atoms with E-state index in [1.807, 2.05) is 0 Å². The summed E-state index contributed by atoms with van der Waals surface area (Å²) in [5.41, 5.74) is 1.32. The summed E-state index contributed by atoms with van der Waals surface area (Å²) in [6, 6.07) is 4.57. The Morgan fingerprint density at radius 2 is 2.23 bits per heavy atom. The van der Waals surface area contributed by atoms with E-state index >= 15 is 0 Å². The first-order valence-electron chi connectivity index (χ1n) is 7.37. The van der Waals surface area contributed by atoms with Crippen LogP contribution in [0.5, 0.6) is 0 Å². The van der Waals surface area contributed by atoms with Crippen LogP contribution in [0.4, 0.5) is 10.5 Å². The lowest BCUT2D eigenvalue weighted by Gasteiger charge is -2.24. The average molecular weight is 307 g/mol. The number of aryl methyl sites for hydroxylation is 1. The summed E-state index contributed by atoms with van der Waals surface area (Å²) in [7, 11) is 0. The fraction of sp³-hybridized carbons (Fsp3) is 0.533. The van der Waals surface area contributed by atoms with Gasteiger partial charge in [-0.1, -0.05) is 12.1 Å². The van der Waals surface area contributed by atoms with Crippen LogP contribution in [0.15, 0.2) is 18.2 Å². The van der Waals surface area contributed by atoms with Gasteiger partial charge in [0.05, 0.1) is 17.6 Å². The van der Waals surface area contributed by atoms with Crippen molar-refractivity contribution >= 4 is 11.7 Å². The Balaban J connectivity index is 2.08. The second kappa shape index (κ2) is 6.74. The van der Waals surface area contributed by atoms with E-state index in [0.717, 1.165) is 12.8 Å². The van der Waals surface area contributed by atoms with Crippen LogP contribution in [0, 0.1) is 17.0 Å². The first-order valence-corrected chi connectivity index (χ1v) is 7.37. The zero-order valence-corrected chi connectivity index (χ0v) is 12.8. The van der Waals surface area contributed by atoms with Crippen molar-refractivity contribution in [2.45, 2.75) is 38.8 Å². The molecule has 1 unspecified atom stereocenters. The molecule has 0 aliphatic heterocycles. The standard InChI is InChI=1S/C15H21N3O4/c1-10-3-4-12(9-14(10)18(21)22)11(2)16-15(20)17(7-8-19)13-5-6-13/h3-4,9,11,13,19H,5-8H2,1-2H3,(H,16,20). The molecule has 7 nitrogen and oxygen atoms in total. The predicted octanol–water partition coefficient (Wildman–Crippen LogP) is 2.13. The minimum atomic E-state index is -0.421. The average Bonchev–Trinajstić information content (AvgIpc) is 3.29. The summed E-state index contributed by atoms with van der Waals surface area (Å²) < 4.78 is 0. The highest BCUT2D eigenvalue weighted by molar-refractivity contribution is 5.75. The Bertz CT molecular complexity index is 572. The van der Waals surface area contributed by atoms with E-state index in [1.54, 1.807) is 30.9 Å².